The SMILES string of the molecule is Cc1cc(N)cc(C(=O)NCc2cccc(CO)c2)c1F. The zero-order valence-corrected chi connectivity index (χ0v) is 11.7. The zero-order valence-electron chi connectivity index (χ0n) is 11.7. The van der Waals surface area contributed by atoms with E-state index in [2.05, 4.69) is 5.32 Å². The fraction of sp³-hybridized carbons (Fsp3) is 0.188. The first-order valence-corrected chi connectivity index (χ1v) is 6.53. The normalized spacial score (nSPS) is 10.4. The maximum Gasteiger partial charge on any atom is 0.254 e. The van der Waals surface area contributed by atoms with Gasteiger partial charge in [0, 0.05) is 12.2 Å². The standard InChI is InChI=1S/C16H17FN2O2/c1-10-5-13(18)7-14(15(10)17)16(21)19-8-11-3-2-4-12(6-11)9-20/h2-7,20H,8-9,18H2,1H3,(H,19,21). The van der Waals surface area contributed by atoms with Crippen LogP contribution in [0.25, 0.3) is 0 Å². The third kappa shape index (κ3) is 3.58. The Labute approximate surface area is 122 Å². The van der Waals surface area contributed by atoms with Gasteiger partial charge in [0.15, 0.2) is 0 Å². The van der Waals surface area contributed by atoms with Gasteiger partial charge in [-0.2, -0.15) is 0 Å². The average molecular weight is 288 g/mol. The number of hydrogen-bond acceptors (Lipinski definition) is 3. The molecule has 0 aliphatic heterocycles. The number of nitrogens with two attached hydrogens (primary N) is 1. The monoisotopic (exact) mass is 288 g/mol. The fourth-order valence-corrected chi connectivity index (χ4v) is 2.08. The summed E-state index contributed by atoms with van der Waals surface area (Å²) in [7, 11) is 0. The number of carbonyl (C=O) groups excluding carboxylic acids is 1. The lowest BCUT2D eigenvalue weighted by Crippen LogP contribution is -2.24. The summed E-state index contributed by atoms with van der Waals surface area (Å²) in [5.74, 6) is -1.08. The van der Waals surface area contributed by atoms with E-state index in [1.807, 2.05) is 6.07 Å². The summed E-state index contributed by atoms with van der Waals surface area (Å²) >= 11 is 0. The van der Waals surface area contributed by atoms with E-state index < -0.39 is 11.7 Å². The van der Waals surface area contributed by atoms with E-state index >= 15 is 0 Å². The van der Waals surface area contributed by atoms with E-state index in [1.54, 1.807) is 25.1 Å². The lowest BCUT2D eigenvalue weighted by molar-refractivity contribution is 0.0946. The Balaban J connectivity index is 2.11. The molecule has 0 bridgehead atoms. The molecule has 2 rings (SSSR count). The molecule has 4 N–H and O–H groups in total. The Hall–Kier alpha value is -2.40. The average Bonchev–Trinajstić information content (AvgIpc) is 2.48. The van der Waals surface area contributed by atoms with Crippen molar-refractivity contribution in [1.29, 1.82) is 0 Å². The van der Waals surface area contributed by atoms with Gasteiger partial charge in [-0.3, -0.25) is 4.79 Å². The number of nitrogen functional groups attached to an aromatic ring is 1. The second kappa shape index (κ2) is 6.37. The number of aliphatic hydroxyl groups excluding tert-OH is 1. The van der Waals surface area contributed by atoms with Crippen molar-refractivity contribution in [2.75, 3.05) is 5.73 Å². The van der Waals surface area contributed by atoms with E-state index in [0.29, 0.717) is 11.3 Å². The Morgan fingerprint density at radius 2 is 2.00 bits per heavy atom. The number of amides is 1. The molecule has 0 atom stereocenters. The molecule has 0 aliphatic carbocycles. The molecule has 0 spiro atoms. The van der Waals surface area contributed by atoms with Crippen molar-refractivity contribution in [3.8, 4) is 0 Å². The number of hydrogen-bond donors (Lipinski definition) is 3. The first-order chi connectivity index (χ1) is 10.0. The maximum atomic E-state index is 13.9. The summed E-state index contributed by atoms with van der Waals surface area (Å²) < 4.78 is 13.9. The molecule has 0 saturated carbocycles. The van der Waals surface area contributed by atoms with Crippen LogP contribution in [-0.2, 0) is 13.2 Å². The van der Waals surface area contributed by atoms with Crippen molar-refractivity contribution in [2.24, 2.45) is 0 Å². The van der Waals surface area contributed by atoms with Crippen LogP contribution < -0.4 is 11.1 Å². The predicted octanol–water partition coefficient (Wildman–Crippen LogP) is 2.14. The molecule has 21 heavy (non-hydrogen) atoms. The molecule has 0 radical (unpaired) electrons. The largest absolute Gasteiger partial charge is 0.399 e. The lowest BCUT2D eigenvalue weighted by atomic mass is 10.1. The van der Waals surface area contributed by atoms with Gasteiger partial charge in [0.1, 0.15) is 5.82 Å². The van der Waals surface area contributed by atoms with Crippen molar-refractivity contribution in [2.45, 2.75) is 20.1 Å². The van der Waals surface area contributed by atoms with E-state index in [-0.39, 0.29) is 18.7 Å². The van der Waals surface area contributed by atoms with Crippen LogP contribution in [0.3, 0.4) is 0 Å². The number of anilines is 1. The molecule has 0 aliphatic rings. The van der Waals surface area contributed by atoms with Crippen molar-refractivity contribution in [3.05, 3.63) is 64.5 Å². The van der Waals surface area contributed by atoms with Gasteiger partial charge in [-0.15, -0.1) is 0 Å². The van der Waals surface area contributed by atoms with Gasteiger partial charge in [0.05, 0.1) is 12.2 Å². The second-order valence-electron chi connectivity index (χ2n) is 4.86. The molecule has 0 saturated heterocycles. The van der Waals surface area contributed by atoms with Crippen LogP contribution in [0.5, 0.6) is 0 Å². The number of carbonyl (C=O) groups is 1. The van der Waals surface area contributed by atoms with Crippen LogP contribution in [-0.4, -0.2) is 11.0 Å². The molecule has 2 aromatic carbocycles. The molecule has 4 nitrogen and oxygen atoms in total. The van der Waals surface area contributed by atoms with Crippen LogP contribution in [0.4, 0.5) is 10.1 Å². The minimum atomic E-state index is -0.564. The summed E-state index contributed by atoms with van der Waals surface area (Å²) in [6.45, 7) is 1.75. The number of aryl methyl sites for hydroxylation is 1. The van der Waals surface area contributed by atoms with Crippen LogP contribution in [0.1, 0.15) is 27.0 Å². The zero-order chi connectivity index (χ0) is 15.4. The van der Waals surface area contributed by atoms with E-state index in [9.17, 15) is 9.18 Å². The minimum absolute atomic E-state index is 0.0641. The van der Waals surface area contributed by atoms with Gasteiger partial charge >= 0.3 is 0 Å². The summed E-state index contributed by atoms with van der Waals surface area (Å²) in [6.07, 6.45) is 0. The number of rotatable bonds is 4. The van der Waals surface area contributed by atoms with Gasteiger partial charge in [0.25, 0.3) is 5.91 Å². The van der Waals surface area contributed by atoms with Gasteiger partial charge in [-0.1, -0.05) is 24.3 Å². The number of halogens is 1. The maximum absolute atomic E-state index is 13.9. The van der Waals surface area contributed by atoms with Crippen molar-refractivity contribution >= 4 is 11.6 Å². The quantitative estimate of drug-likeness (QED) is 0.754. The van der Waals surface area contributed by atoms with Gasteiger partial charge in [0.2, 0.25) is 0 Å². The molecule has 0 fully saturated rings. The Kier molecular flexibility index (Phi) is 4.55. The molecule has 2 aromatic rings. The van der Waals surface area contributed by atoms with E-state index in [4.69, 9.17) is 10.8 Å². The number of nitrogens with one attached hydrogen (secondary N) is 1. The Bertz CT molecular complexity index is 671. The highest BCUT2D eigenvalue weighted by Crippen LogP contribution is 2.17. The van der Waals surface area contributed by atoms with Crippen molar-refractivity contribution in [3.63, 3.8) is 0 Å². The molecule has 110 valence electrons. The minimum Gasteiger partial charge on any atom is -0.399 e. The van der Waals surface area contributed by atoms with Crippen LogP contribution >= 0.6 is 0 Å². The highest BCUT2D eigenvalue weighted by molar-refractivity contribution is 5.95. The number of benzene rings is 2. The third-order valence-electron chi connectivity index (χ3n) is 3.15. The highest BCUT2D eigenvalue weighted by Gasteiger charge is 2.14. The fourth-order valence-electron chi connectivity index (χ4n) is 2.08. The topological polar surface area (TPSA) is 75.4 Å². The van der Waals surface area contributed by atoms with Crippen LogP contribution in [0.2, 0.25) is 0 Å². The van der Waals surface area contributed by atoms with Crippen LogP contribution in [0.15, 0.2) is 36.4 Å². The van der Waals surface area contributed by atoms with E-state index in [1.165, 1.54) is 12.1 Å². The van der Waals surface area contributed by atoms with E-state index in [0.717, 1.165) is 11.1 Å². The summed E-state index contributed by atoms with van der Waals surface area (Å²) in [4.78, 5) is 12.0. The second-order valence-corrected chi connectivity index (χ2v) is 4.86. The molecule has 1 amide bonds. The summed E-state index contributed by atoms with van der Waals surface area (Å²) in [5.41, 5.74) is 7.84. The van der Waals surface area contributed by atoms with Crippen LogP contribution in [0, 0.1) is 12.7 Å². The molecule has 5 heteroatoms. The van der Waals surface area contributed by atoms with Crippen molar-refractivity contribution in [1.82, 2.24) is 5.32 Å². The summed E-state index contributed by atoms with van der Waals surface area (Å²) in [6, 6.07) is 9.98. The van der Waals surface area contributed by atoms with Crippen molar-refractivity contribution < 1.29 is 14.3 Å². The number of aliphatic hydroxyl groups is 1. The first-order valence-electron chi connectivity index (χ1n) is 6.53. The first kappa shape index (κ1) is 15.0. The highest BCUT2D eigenvalue weighted by atomic mass is 19.1. The predicted molar refractivity (Wildman–Crippen MR) is 79.1 cm³/mol. The lowest BCUT2D eigenvalue weighted by Gasteiger charge is -2.09. The van der Waals surface area contributed by atoms with Gasteiger partial charge < -0.3 is 16.2 Å². The van der Waals surface area contributed by atoms with Gasteiger partial charge in [-0.25, -0.2) is 4.39 Å². The van der Waals surface area contributed by atoms with Gasteiger partial charge in [-0.05, 0) is 35.7 Å². The smallest absolute Gasteiger partial charge is 0.254 e. The summed E-state index contributed by atoms with van der Waals surface area (Å²) in [5, 5.41) is 11.7. The molecule has 0 unspecified atom stereocenters. The molecule has 0 heterocycles. The molecular formula is C16H17FN2O2. The third-order valence-corrected chi connectivity index (χ3v) is 3.15. The Morgan fingerprint density at radius 3 is 2.71 bits per heavy atom. The Morgan fingerprint density at radius 1 is 1.29 bits per heavy atom. The molecular weight excluding hydrogens is 271 g/mol. The molecule has 0 aromatic heterocycles.